The number of nitrogens with one attached hydrogen (secondary N) is 1. The first kappa shape index (κ1) is 25.2. The van der Waals surface area contributed by atoms with Crippen LogP contribution in [-0.2, 0) is 32.4 Å². The first-order valence-corrected chi connectivity index (χ1v) is 13.9. The number of carbonyl (C=O) groups excluding carboxylic acids is 2. The number of aryl methyl sites for hydroxylation is 3. The minimum Gasteiger partial charge on any atom is -0.462 e. The number of ether oxygens (including phenoxy) is 1. The van der Waals surface area contributed by atoms with Gasteiger partial charge in [-0.25, -0.2) is 13.2 Å². The SMILES string of the molecule is CCOC(=O)c1c(NC(=O)C(CC)N(c2ccc(C)c(C)c2)S(C)(=O)=O)sc2c1CCCC2. The van der Waals surface area contributed by atoms with Gasteiger partial charge in [-0.2, -0.15) is 0 Å². The molecule has 0 saturated heterocycles. The number of sulfonamides is 1. The number of benzene rings is 1. The maximum Gasteiger partial charge on any atom is 0.341 e. The number of rotatable bonds is 8. The van der Waals surface area contributed by atoms with Crippen molar-refractivity contribution in [2.75, 3.05) is 22.5 Å². The van der Waals surface area contributed by atoms with Gasteiger partial charge in [0.15, 0.2) is 0 Å². The maximum absolute atomic E-state index is 13.4. The second-order valence-corrected chi connectivity index (χ2v) is 11.3. The fraction of sp³-hybridized carbons (Fsp3) is 0.500. The molecule has 7 nitrogen and oxygen atoms in total. The summed E-state index contributed by atoms with van der Waals surface area (Å²) >= 11 is 1.39. The van der Waals surface area contributed by atoms with Gasteiger partial charge in [0, 0.05) is 4.88 Å². The highest BCUT2D eigenvalue weighted by Crippen LogP contribution is 2.39. The third kappa shape index (κ3) is 5.41. The molecule has 1 heterocycles. The Morgan fingerprint density at radius 1 is 1.15 bits per heavy atom. The van der Waals surface area contributed by atoms with E-state index in [1.807, 2.05) is 19.9 Å². The molecule has 0 radical (unpaired) electrons. The quantitative estimate of drug-likeness (QED) is 0.544. The van der Waals surface area contributed by atoms with Crippen molar-refractivity contribution in [1.29, 1.82) is 0 Å². The maximum atomic E-state index is 13.4. The van der Waals surface area contributed by atoms with Gasteiger partial charge in [-0.3, -0.25) is 9.10 Å². The summed E-state index contributed by atoms with van der Waals surface area (Å²) < 4.78 is 32.0. The Morgan fingerprint density at radius 3 is 2.45 bits per heavy atom. The summed E-state index contributed by atoms with van der Waals surface area (Å²) in [6.07, 6.45) is 5.02. The zero-order valence-corrected chi connectivity index (χ0v) is 21.5. The molecule has 2 aromatic rings. The number of esters is 1. The molecule has 33 heavy (non-hydrogen) atoms. The van der Waals surface area contributed by atoms with Gasteiger partial charge in [0.05, 0.1) is 24.1 Å². The highest BCUT2D eigenvalue weighted by atomic mass is 32.2. The van der Waals surface area contributed by atoms with Crippen molar-refractivity contribution < 1.29 is 22.7 Å². The summed E-state index contributed by atoms with van der Waals surface area (Å²) in [5.41, 5.74) is 3.78. The van der Waals surface area contributed by atoms with Gasteiger partial charge in [0.25, 0.3) is 0 Å². The highest BCUT2D eigenvalue weighted by Gasteiger charge is 2.34. The topological polar surface area (TPSA) is 92.8 Å². The van der Waals surface area contributed by atoms with Crippen LogP contribution in [0.1, 0.15) is 65.0 Å². The number of hydrogen-bond donors (Lipinski definition) is 1. The van der Waals surface area contributed by atoms with Crippen molar-refractivity contribution in [2.24, 2.45) is 0 Å². The van der Waals surface area contributed by atoms with Gasteiger partial charge in [0.2, 0.25) is 15.9 Å². The average molecular weight is 493 g/mol. The zero-order valence-electron chi connectivity index (χ0n) is 19.9. The first-order chi connectivity index (χ1) is 15.6. The average Bonchev–Trinajstić information content (AvgIpc) is 3.11. The number of amides is 1. The van der Waals surface area contributed by atoms with Gasteiger partial charge in [-0.1, -0.05) is 13.0 Å². The summed E-state index contributed by atoms with van der Waals surface area (Å²) in [5, 5.41) is 3.32. The molecule has 1 unspecified atom stereocenters. The lowest BCUT2D eigenvalue weighted by Gasteiger charge is -2.30. The minimum absolute atomic E-state index is 0.239. The fourth-order valence-electron chi connectivity index (χ4n) is 4.19. The lowest BCUT2D eigenvalue weighted by atomic mass is 9.95. The molecule has 1 atom stereocenters. The number of hydrogen-bond acceptors (Lipinski definition) is 6. The molecule has 0 fully saturated rings. The molecule has 1 aliphatic rings. The molecule has 1 N–H and O–H groups in total. The van der Waals surface area contributed by atoms with Crippen molar-refractivity contribution in [3.8, 4) is 0 Å². The van der Waals surface area contributed by atoms with Crippen LogP contribution in [0.5, 0.6) is 0 Å². The van der Waals surface area contributed by atoms with Gasteiger partial charge < -0.3 is 10.1 Å². The van der Waals surface area contributed by atoms with Crippen LogP contribution >= 0.6 is 11.3 Å². The molecule has 0 saturated carbocycles. The first-order valence-electron chi connectivity index (χ1n) is 11.3. The smallest absolute Gasteiger partial charge is 0.341 e. The second kappa shape index (κ2) is 10.3. The van der Waals surface area contributed by atoms with E-state index in [2.05, 4.69) is 5.32 Å². The van der Waals surface area contributed by atoms with Gasteiger partial charge >= 0.3 is 5.97 Å². The van der Waals surface area contributed by atoms with Gasteiger partial charge in [0.1, 0.15) is 11.0 Å². The van der Waals surface area contributed by atoms with E-state index in [0.29, 0.717) is 16.3 Å². The minimum atomic E-state index is -3.75. The van der Waals surface area contributed by atoms with E-state index in [0.717, 1.165) is 53.5 Å². The monoisotopic (exact) mass is 492 g/mol. The predicted molar refractivity (Wildman–Crippen MR) is 133 cm³/mol. The van der Waals surface area contributed by atoms with Crippen LogP contribution in [0.15, 0.2) is 18.2 Å². The Morgan fingerprint density at radius 2 is 1.85 bits per heavy atom. The van der Waals surface area contributed by atoms with Crippen molar-refractivity contribution in [2.45, 2.75) is 65.8 Å². The molecule has 3 rings (SSSR count). The molecule has 0 bridgehead atoms. The Balaban J connectivity index is 2.00. The molecule has 1 aromatic carbocycles. The molecule has 1 aliphatic carbocycles. The number of fused-ring (bicyclic) bond motifs is 1. The second-order valence-electron chi connectivity index (χ2n) is 8.38. The summed E-state index contributed by atoms with van der Waals surface area (Å²) in [4.78, 5) is 27.3. The Kier molecular flexibility index (Phi) is 7.84. The Hall–Kier alpha value is -2.39. The zero-order chi connectivity index (χ0) is 24.3. The number of nitrogens with zero attached hydrogens (tertiary/aromatic N) is 1. The van der Waals surface area contributed by atoms with E-state index in [1.54, 1.807) is 26.0 Å². The van der Waals surface area contributed by atoms with Crippen LogP contribution < -0.4 is 9.62 Å². The van der Waals surface area contributed by atoms with Crippen LogP contribution in [0.2, 0.25) is 0 Å². The molecule has 180 valence electrons. The highest BCUT2D eigenvalue weighted by molar-refractivity contribution is 7.92. The summed E-state index contributed by atoms with van der Waals surface area (Å²) in [6.45, 7) is 7.61. The number of thiophene rings is 1. The molecule has 9 heteroatoms. The summed E-state index contributed by atoms with van der Waals surface area (Å²) in [6, 6.07) is 4.38. The van der Waals surface area contributed by atoms with Crippen molar-refractivity contribution in [1.82, 2.24) is 0 Å². The Bertz CT molecular complexity index is 1150. The van der Waals surface area contributed by atoms with Crippen molar-refractivity contribution in [3.05, 3.63) is 45.3 Å². The van der Waals surface area contributed by atoms with E-state index >= 15 is 0 Å². The fourth-order valence-corrected chi connectivity index (χ4v) is 6.68. The van der Waals surface area contributed by atoms with E-state index in [4.69, 9.17) is 4.74 Å². The van der Waals surface area contributed by atoms with Gasteiger partial charge in [-0.15, -0.1) is 11.3 Å². The molecular weight excluding hydrogens is 460 g/mol. The summed E-state index contributed by atoms with van der Waals surface area (Å²) in [7, 11) is -3.75. The largest absolute Gasteiger partial charge is 0.462 e. The van der Waals surface area contributed by atoms with Gasteiger partial charge in [-0.05, 0) is 81.7 Å². The lowest BCUT2D eigenvalue weighted by Crippen LogP contribution is -2.47. The molecule has 1 aromatic heterocycles. The van der Waals surface area contributed by atoms with Crippen molar-refractivity contribution in [3.63, 3.8) is 0 Å². The number of carbonyl (C=O) groups is 2. The molecule has 0 spiro atoms. The standard InChI is InChI=1S/C24H32N2O5S2/c1-6-19(26(33(5,29)30)17-13-12-15(3)16(4)14-17)22(27)25-23-21(24(28)31-7-2)18-10-8-9-11-20(18)32-23/h12-14,19H,6-11H2,1-5H3,(H,25,27). The van der Waals surface area contributed by atoms with E-state index in [1.165, 1.54) is 15.6 Å². The molecule has 1 amide bonds. The van der Waals surface area contributed by atoms with Crippen LogP contribution in [0.25, 0.3) is 0 Å². The van der Waals surface area contributed by atoms with Crippen LogP contribution in [0.3, 0.4) is 0 Å². The van der Waals surface area contributed by atoms with E-state index in [9.17, 15) is 18.0 Å². The van der Waals surface area contributed by atoms with Crippen LogP contribution in [0.4, 0.5) is 10.7 Å². The molecular formula is C24H32N2O5S2. The third-order valence-electron chi connectivity index (χ3n) is 5.96. The van der Waals surface area contributed by atoms with Crippen LogP contribution in [0, 0.1) is 13.8 Å². The number of anilines is 2. The predicted octanol–water partition coefficient (Wildman–Crippen LogP) is 4.60. The third-order valence-corrected chi connectivity index (χ3v) is 8.35. The van der Waals surface area contributed by atoms with Crippen molar-refractivity contribution >= 4 is 43.9 Å². The van der Waals surface area contributed by atoms with E-state index < -0.39 is 27.9 Å². The van der Waals surface area contributed by atoms with Crippen LogP contribution in [-0.4, -0.2) is 39.2 Å². The summed E-state index contributed by atoms with van der Waals surface area (Å²) in [5.74, 6) is -0.917. The lowest BCUT2D eigenvalue weighted by molar-refractivity contribution is -0.117. The normalized spacial score (nSPS) is 14.3. The molecule has 0 aliphatic heterocycles. The Labute approximate surface area is 200 Å². The van der Waals surface area contributed by atoms with E-state index in [-0.39, 0.29) is 13.0 Å².